The maximum atomic E-state index is 13.2. The molecule has 1 heterocycles. The van der Waals surface area contributed by atoms with E-state index in [4.69, 9.17) is 4.74 Å². The van der Waals surface area contributed by atoms with Gasteiger partial charge in [-0.05, 0) is 86.5 Å². The first-order valence-corrected chi connectivity index (χ1v) is 12.9. The van der Waals surface area contributed by atoms with Crippen molar-refractivity contribution in [1.82, 2.24) is 10.2 Å². The van der Waals surface area contributed by atoms with Crippen molar-refractivity contribution in [3.05, 3.63) is 29.8 Å². The number of ether oxygens (including phenoxy) is 1. The zero-order valence-corrected chi connectivity index (χ0v) is 20.1. The van der Waals surface area contributed by atoms with Crippen molar-refractivity contribution in [3.63, 3.8) is 0 Å². The van der Waals surface area contributed by atoms with Crippen LogP contribution in [0.1, 0.15) is 62.7 Å². The second kappa shape index (κ2) is 9.38. The molecule has 1 aromatic rings. The normalized spacial score (nSPS) is 33.3. The molecular formula is C27H39N3O3. The van der Waals surface area contributed by atoms with Crippen LogP contribution in [0.3, 0.4) is 0 Å². The zero-order chi connectivity index (χ0) is 23.0. The van der Waals surface area contributed by atoms with Crippen LogP contribution in [-0.4, -0.2) is 55.6 Å². The van der Waals surface area contributed by atoms with Crippen LogP contribution in [0.5, 0.6) is 0 Å². The summed E-state index contributed by atoms with van der Waals surface area (Å²) in [4.78, 5) is 28.3. The number of benzene rings is 1. The summed E-state index contributed by atoms with van der Waals surface area (Å²) in [6.45, 7) is 8.54. The van der Waals surface area contributed by atoms with Gasteiger partial charge in [-0.3, -0.25) is 14.5 Å². The van der Waals surface area contributed by atoms with E-state index in [1.54, 1.807) is 12.1 Å². The molecule has 0 aromatic heterocycles. The summed E-state index contributed by atoms with van der Waals surface area (Å²) in [5.41, 5.74) is 1.23. The largest absolute Gasteiger partial charge is 0.374 e. The highest BCUT2D eigenvalue weighted by Crippen LogP contribution is 2.60. The number of nitrogens with zero attached hydrogens (tertiary/aromatic N) is 1. The molecule has 1 atom stereocenters. The van der Waals surface area contributed by atoms with Crippen molar-refractivity contribution in [2.75, 3.05) is 38.1 Å². The summed E-state index contributed by atoms with van der Waals surface area (Å²) < 4.78 is 5.84. The van der Waals surface area contributed by atoms with E-state index >= 15 is 0 Å². The maximum Gasteiger partial charge on any atom is 0.251 e. The molecule has 2 N–H and O–H groups in total. The van der Waals surface area contributed by atoms with Crippen molar-refractivity contribution >= 4 is 17.5 Å². The summed E-state index contributed by atoms with van der Waals surface area (Å²) in [5.74, 6) is 2.97. The molecular weight excluding hydrogens is 414 g/mol. The number of nitrogens with one attached hydrogen (secondary N) is 2. The average Bonchev–Trinajstić information content (AvgIpc) is 2.77. The molecule has 33 heavy (non-hydrogen) atoms. The highest BCUT2D eigenvalue weighted by atomic mass is 16.5. The molecule has 0 radical (unpaired) electrons. The Labute approximate surface area is 197 Å². The molecule has 180 valence electrons. The molecule has 0 unspecified atom stereocenters. The predicted octanol–water partition coefficient (Wildman–Crippen LogP) is 3.93. The standard InChI is InChI=1S/C27H39N3O3/c1-18(2)16-30-7-8-33-24(17-30)15-28-25(31)22-3-5-23(6-4-22)29-26(32)27-12-19-9-20(13-27)11-21(10-19)14-27/h3-6,18-21,24H,7-17H2,1-2H3,(H,28,31)(H,29,32)/t19?,20?,21?,24-,27?/m1/s1. The van der Waals surface area contributed by atoms with Crippen LogP contribution in [0, 0.1) is 29.1 Å². The number of anilines is 1. The monoisotopic (exact) mass is 453 g/mol. The van der Waals surface area contributed by atoms with Crippen molar-refractivity contribution in [1.29, 1.82) is 0 Å². The lowest BCUT2D eigenvalue weighted by atomic mass is 9.49. The lowest BCUT2D eigenvalue weighted by Gasteiger charge is -2.55. The van der Waals surface area contributed by atoms with Gasteiger partial charge in [-0.15, -0.1) is 0 Å². The Kier molecular flexibility index (Phi) is 6.49. The van der Waals surface area contributed by atoms with Crippen LogP contribution in [0.15, 0.2) is 24.3 Å². The minimum Gasteiger partial charge on any atom is -0.374 e. The van der Waals surface area contributed by atoms with Gasteiger partial charge < -0.3 is 15.4 Å². The van der Waals surface area contributed by atoms with Gasteiger partial charge in [0, 0.05) is 37.4 Å². The van der Waals surface area contributed by atoms with E-state index in [2.05, 4.69) is 29.4 Å². The predicted molar refractivity (Wildman–Crippen MR) is 129 cm³/mol. The number of hydrogen-bond acceptors (Lipinski definition) is 4. The molecule has 1 saturated heterocycles. The van der Waals surface area contributed by atoms with E-state index < -0.39 is 0 Å². The summed E-state index contributed by atoms with van der Waals surface area (Å²) in [6.07, 6.45) is 7.20. The number of rotatable bonds is 7. The average molecular weight is 454 g/mol. The second-order valence-corrected chi connectivity index (χ2v) is 11.6. The molecule has 1 aromatic carbocycles. The van der Waals surface area contributed by atoms with Gasteiger partial charge in [0.05, 0.1) is 18.1 Å². The highest BCUT2D eigenvalue weighted by molar-refractivity contribution is 5.97. The second-order valence-electron chi connectivity index (χ2n) is 11.6. The van der Waals surface area contributed by atoms with E-state index in [1.165, 1.54) is 19.3 Å². The van der Waals surface area contributed by atoms with Gasteiger partial charge >= 0.3 is 0 Å². The summed E-state index contributed by atoms with van der Waals surface area (Å²) >= 11 is 0. The fourth-order valence-corrected chi connectivity index (χ4v) is 7.25. The summed E-state index contributed by atoms with van der Waals surface area (Å²) in [5, 5.41) is 6.19. The number of morpholine rings is 1. The Morgan fingerprint density at radius 1 is 1.06 bits per heavy atom. The van der Waals surface area contributed by atoms with Crippen LogP contribution in [-0.2, 0) is 9.53 Å². The van der Waals surface area contributed by atoms with Gasteiger partial charge in [-0.2, -0.15) is 0 Å². The van der Waals surface area contributed by atoms with Crippen molar-refractivity contribution in [2.45, 2.75) is 58.5 Å². The van der Waals surface area contributed by atoms with E-state index in [0.29, 0.717) is 24.6 Å². The molecule has 5 fully saturated rings. The molecule has 5 aliphatic rings. The third-order valence-corrected chi connectivity index (χ3v) is 8.26. The van der Waals surface area contributed by atoms with Crippen molar-refractivity contribution in [3.8, 4) is 0 Å². The molecule has 2 amide bonds. The smallest absolute Gasteiger partial charge is 0.251 e. The lowest BCUT2D eigenvalue weighted by Crippen LogP contribution is -2.51. The Balaban J connectivity index is 1.12. The van der Waals surface area contributed by atoms with Gasteiger partial charge in [0.15, 0.2) is 0 Å². The first kappa shape index (κ1) is 22.9. The SMILES string of the molecule is CC(C)CN1CCO[C@H](CNC(=O)c2ccc(NC(=O)C34CC5CC(CC(C5)C3)C4)cc2)C1. The van der Waals surface area contributed by atoms with Crippen molar-refractivity contribution < 1.29 is 14.3 Å². The minimum absolute atomic E-state index is 0.0280. The Morgan fingerprint density at radius 2 is 1.70 bits per heavy atom. The lowest BCUT2D eigenvalue weighted by molar-refractivity contribution is -0.140. The van der Waals surface area contributed by atoms with Gasteiger partial charge in [-0.25, -0.2) is 0 Å². The summed E-state index contributed by atoms with van der Waals surface area (Å²) in [7, 11) is 0. The molecule has 4 bridgehead atoms. The van der Waals surface area contributed by atoms with Crippen LogP contribution in [0.4, 0.5) is 5.69 Å². The maximum absolute atomic E-state index is 13.2. The van der Waals surface area contributed by atoms with Crippen LogP contribution in [0.25, 0.3) is 0 Å². The number of carbonyl (C=O) groups is 2. The quantitative estimate of drug-likeness (QED) is 0.656. The first-order valence-electron chi connectivity index (χ1n) is 12.9. The Hall–Kier alpha value is -1.92. The van der Waals surface area contributed by atoms with Crippen LogP contribution >= 0.6 is 0 Å². The van der Waals surface area contributed by atoms with E-state index in [0.717, 1.165) is 62.3 Å². The third kappa shape index (κ3) is 5.12. The molecule has 1 aliphatic heterocycles. The number of amides is 2. The molecule has 6 nitrogen and oxygen atoms in total. The Morgan fingerprint density at radius 3 is 2.30 bits per heavy atom. The summed E-state index contributed by atoms with van der Waals surface area (Å²) in [6, 6.07) is 7.32. The fraction of sp³-hybridized carbons (Fsp3) is 0.704. The van der Waals surface area contributed by atoms with Gasteiger partial charge in [0.2, 0.25) is 5.91 Å². The number of hydrogen-bond donors (Lipinski definition) is 2. The van der Waals surface area contributed by atoms with E-state index in [9.17, 15) is 9.59 Å². The van der Waals surface area contributed by atoms with E-state index in [-0.39, 0.29) is 23.3 Å². The zero-order valence-electron chi connectivity index (χ0n) is 20.1. The Bertz CT molecular complexity index is 831. The molecule has 4 saturated carbocycles. The first-order chi connectivity index (χ1) is 15.9. The van der Waals surface area contributed by atoms with Crippen LogP contribution < -0.4 is 10.6 Å². The van der Waals surface area contributed by atoms with Gasteiger partial charge in [0.1, 0.15) is 0 Å². The van der Waals surface area contributed by atoms with Crippen molar-refractivity contribution in [2.24, 2.45) is 29.1 Å². The molecule has 6 heteroatoms. The highest BCUT2D eigenvalue weighted by Gasteiger charge is 2.54. The molecule has 6 rings (SSSR count). The van der Waals surface area contributed by atoms with Gasteiger partial charge in [-0.1, -0.05) is 13.8 Å². The van der Waals surface area contributed by atoms with E-state index in [1.807, 2.05) is 12.1 Å². The third-order valence-electron chi connectivity index (χ3n) is 8.26. The fourth-order valence-electron chi connectivity index (χ4n) is 7.25. The number of carbonyl (C=O) groups excluding carboxylic acids is 2. The topological polar surface area (TPSA) is 70.7 Å². The molecule has 4 aliphatic carbocycles. The van der Waals surface area contributed by atoms with Gasteiger partial charge in [0.25, 0.3) is 5.91 Å². The molecule has 0 spiro atoms. The minimum atomic E-state index is -0.158. The van der Waals surface area contributed by atoms with Crippen LogP contribution in [0.2, 0.25) is 0 Å².